The quantitative estimate of drug-likeness (QED) is 0.937. The Morgan fingerprint density at radius 2 is 2.18 bits per heavy atom. The lowest BCUT2D eigenvalue weighted by Crippen LogP contribution is -2.33. The SMILES string of the molecule is Cc1ccc(N2CCC(Nc3snc(Cl)c3C#N)C2=O)cc1. The van der Waals surface area contributed by atoms with Gasteiger partial charge in [0.25, 0.3) is 0 Å². The Labute approximate surface area is 137 Å². The van der Waals surface area contributed by atoms with E-state index < -0.39 is 0 Å². The number of nitrogens with one attached hydrogen (secondary N) is 1. The highest BCUT2D eigenvalue weighted by molar-refractivity contribution is 7.10. The van der Waals surface area contributed by atoms with Crippen molar-refractivity contribution in [3.8, 4) is 6.07 Å². The fourth-order valence-electron chi connectivity index (χ4n) is 2.42. The molecule has 1 aromatic heterocycles. The lowest BCUT2D eigenvalue weighted by Gasteiger charge is -2.17. The number of aromatic nitrogens is 1. The van der Waals surface area contributed by atoms with Gasteiger partial charge in [-0.15, -0.1) is 0 Å². The molecular formula is C15H13ClN4OS. The topological polar surface area (TPSA) is 69.0 Å². The maximum Gasteiger partial charge on any atom is 0.249 e. The monoisotopic (exact) mass is 332 g/mol. The summed E-state index contributed by atoms with van der Waals surface area (Å²) in [6.07, 6.45) is 0.674. The lowest BCUT2D eigenvalue weighted by molar-refractivity contribution is -0.117. The number of carbonyl (C=O) groups is 1. The van der Waals surface area contributed by atoms with Crippen molar-refractivity contribution in [1.82, 2.24) is 4.37 Å². The van der Waals surface area contributed by atoms with E-state index in [2.05, 4.69) is 9.69 Å². The van der Waals surface area contributed by atoms with Crippen LogP contribution < -0.4 is 10.2 Å². The Balaban J connectivity index is 1.76. The highest BCUT2D eigenvalue weighted by Crippen LogP contribution is 2.30. The molecule has 3 rings (SSSR count). The summed E-state index contributed by atoms with van der Waals surface area (Å²) in [4.78, 5) is 14.3. The van der Waals surface area contributed by atoms with Crippen LogP contribution in [0.4, 0.5) is 10.7 Å². The van der Waals surface area contributed by atoms with E-state index in [9.17, 15) is 4.79 Å². The number of anilines is 2. The Kier molecular flexibility index (Phi) is 4.01. The van der Waals surface area contributed by atoms with Gasteiger partial charge in [-0.1, -0.05) is 29.3 Å². The van der Waals surface area contributed by atoms with E-state index in [1.807, 2.05) is 37.3 Å². The molecule has 0 aliphatic carbocycles. The van der Waals surface area contributed by atoms with Crippen LogP contribution in [0.2, 0.25) is 5.15 Å². The predicted octanol–water partition coefficient (Wildman–Crippen LogP) is 3.19. The van der Waals surface area contributed by atoms with E-state index in [4.69, 9.17) is 16.9 Å². The standard InChI is InChI=1S/C15H13ClN4OS/c1-9-2-4-10(5-3-9)20-7-6-12(15(20)21)18-14-11(8-17)13(16)19-22-14/h2-5,12,18H,6-7H2,1H3. The molecule has 1 aliphatic heterocycles. The van der Waals surface area contributed by atoms with Gasteiger partial charge in [0, 0.05) is 12.2 Å². The first kappa shape index (κ1) is 14.8. The fourth-order valence-corrected chi connectivity index (χ4v) is 3.41. The van der Waals surface area contributed by atoms with Crippen LogP contribution in [0.25, 0.3) is 0 Å². The number of rotatable bonds is 3. The number of amides is 1. The first-order valence-corrected chi connectivity index (χ1v) is 7.95. The van der Waals surface area contributed by atoms with Gasteiger partial charge in [-0.3, -0.25) is 4.79 Å². The third-order valence-electron chi connectivity index (χ3n) is 3.62. The van der Waals surface area contributed by atoms with E-state index in [-0.39, 0.29) is 17.1 Å². The predicted molar refractivity (Wildman–Crippen MR) is 87.4 cm³/mol. The minimum atomic E-state index is -0.357. The van der Waals surface area contributed by atoms with Crippen LogP contribution >= 0.6 is 23.1 Å². The molecule has 112 valence electrons. The molecule has 1 N–H and O–H groups in total. The first-order valence-electron chi connectivity index (χ1n) is 6.80. The molecular weight excluding hydrogens is 320 g/mol. The molecule has 1 atom stereocenters. The molecule has 0 saturated carbocycles. The third kappa shape index (κ3) is 2.65. The minimum absolute atomic E-state index is 0.00253. The second kappa shape index (κ2) is 5.95. The first-order chi connectivity index (χ1) is 10.6. The van der Waals surface area contributed by atoms with E-state index in [0.29, 0.717) is 23.5 Å². The van der Waals surface area contributed by atoms with Crippen LogP contribution in [0.3, 0.4) is 0 Å². The van der Waals surface area contributed by atoms with Crippen molar-refractivity contribution in [3.05, 3.63) is 40.5 Å². The molecule has 7 heteroatoms. The van der Waals surface area contributed by atoms with Gasteiger partial charge >= 0.3 is 0 Å². The smallest absolute Gasteiger partial charge is 0.249 e. The molecule has 1 fully saturated rings. The highest BCUT2D eigenvalue weighted by atomic mass is 35.5. The Morgan fingerprint density at radius 1 is 1.45 bits per heavy atom. The van der Waals surface area contributed by atoms with Gasteiger partial charge in [-0.2, -0.15) is 9.64 Å². The summed E-state index contributed by atoms with van der Waals surface area (Å²) in [6, 6.07) is 9.51. The molecule has 1 amide bonds. The molecule has 1 saturated heterocycles. The van der Waals surface area contributed by atoms with Crippen molar-refractivity contribution in [2.45, 2.75) is 19.4 Å². The molecule has 2 aromatic rings. The molecule has 1 aromatic carbocycles. The second-order valence-corrected chi connectivity index (χ2v) is 6.23. The van der Waals surface area contributed by atoms with Gasteiger partial charge in [0.15, 0.2) is 5.15 Å². The molecule has 0 bridgehead atoms. The van der Waals surface area contributed by atoms with Crippen LogP contribution in [0.1, 0.15) is 17.5 Å². The lowest BCUT2D eigenvalue weighted by atomic mass is 10.2. The Hall–Kier alpha value is -2.10. The molecule has 0 radical (unpaired) electrons. The van der Waals surface area contributed by atoms with Gasteiger partial charge < -0.3 is 10.2 Å². The number of aryl methyl sites for hydroxylation is 1. The molecule has 1 unspecified atom stereocenters. The largest absolute Gasteiger partial charge is 0.363 e. The summed E-state index contributed by atoms with van der Waals surface area (Å²) < 4.78 is 3.94. The van der Waals surface area contributed by atoms with Crippen LogP contribution in [-0.2, 0) is 4.79 Å². The number of benzene rings is 1. The average Bonchev–Trinajstić information content (AvgIpc) is 3.04. The zero-order valence-corrected chi connectivity index (χ0v) is 13.4. The van der Waals surface area contributed by atoms with E-state index in [1.165, 1.54) is 0 Å². The summed E-state index contributed by atoms with van der Waals surface area (Å²) in [5.41, 5.74) is 2.35. The number of halogens is 1. The molecule has 0 spiro atoms. The van der Waals surface area contributed by atoms with Gasteiger partial charge in [-0.05, 0) is 37.0 Å². The van der Waals surface area contributed by atoms with Crippen LogP contribution in [0.15, 0.2) is 24.3 Å². The van der Waals surface area contributed by atoms with E-state index in [1.54, 1.807) is 4.90 Å². The zero-order valence-electron chi connectivity index (χ0n) is 11.8. The van der Waals surface area contributed by atoms with Crippen molar-refractivity contribution in [2.24, 2.45) is 0 Å². The summed E-state index contributed by atoms with van der Waals surface area (Å²) in [5.74, 6) is -0.00253. The van der Waals surface area contributed by atoms with E-state index in [0.717, 1.165) is 22.8 Å². The fraction of sp³-hybridized carbons (Fsp3) is 0.267. The highest BCUT2D eigenvalue weighted by Gasteiger charge is 2.33. The number of nitrogens with zero attached hydrogens (tertiary/aromatic N) is 3. The number of nitriles is 1. The number of hydrogen-bond acceptors (Lipinski definition) is 5. The van der Waals surface area contributed by atoms with E-state index >= 15 is 0 Å². The Bertz CT molecular complexity index is 750. The normalized spacial score (nSPS) is 17.6. The minimum Gasteiger partial charge on any atom is -0.363 e. The van der Waals surface area contributed by atoms with Crippen LogP contribution in [0.5, 0.6) is 0 Å². The van der Waals surface area contributed by atoms with Gasteiger partial charge in [0.05, 0.1) is 0 Å². The summed E-state index contributed by atoms with van der Waals surface area (Å²) in [7, 11) is 0. The summed E-state index contributed by atoms with van der Waals surface area (Å²) >= 11 is 6.95. The maximum atomic E-state index is 12.5. The van der Waals surface area contributed by atoms with Gasteiger partial charge in [0.1, 0.15) is 22.7 Å². The second-order valence-electron chi connectivity index (χ2n) is 5.10. The summed E-state index contributed by atoms with van der Waals surface area (Å²) in [6.45, 7) is 2.66. The molecule has 1 aliphatic rings. The van der Waals surface area contributed by atoms with Crippen molar-refractivity contribution in [3.63, 3.8) is 0 Å². The van der Waals surface area contributed by atoms with Gasteiger partial charge in [0.2, 0.25) is 5.91 Å². The van der Waals surface area contributed by atoms with Crippen molar-refractivity contribution in [2.75, 3.05) is 16.8 Å². The Morgan fingerprint density at radius 3 is 2.86 bits per heavy atom. The molecule has 22 heavy (non-hydrogen) atoms. The zero-order chi connectivity index (χ0) is 15.7. The third-order valence-corrected chi connectivity index (χ3v) is 4.77. The summed E-state index contributed by atoms with van der Waals surface area (Å²) in [5, 5.41) is 12.9. The van der Waals surface area contributed by atoms with Crippen molar-refractivity contribution >= 4 is 39.7 Å². The van der Waals surface area contributed by atoms with Crippen molar-refractivity contribution in [1.29, 1.82) is 5.26 Å². The van der Waals surface area contributed by atoms with Crippen LogP contribution in [0, 0.1) is 18.3 Å². The molecule has 5 nitrogen and oxygen atoms in total. The maximum absolute atomic E-state index is 12.5. The van der Waals surface area contributed by atoms with Gasteiger partial charge in [-0.25, -0.2) is 0 Å². The number of hydrogen-bond donors (Lipinski definition) is 1. The number of carbonyl (C=O) groups excluding carboxylic acids is 1. The molecule has 2 heterocycles. The van der Waals surface area contributed by atoms with Crippen LogP contribution in [-0.4, -0.2) is 22.9 Å². The average molecular weight is 333 g/mol. The van der Waals surface area contributed by atoms with Crippen molar-refractivity contribution < 1.29 is 4.79 Å².